The molecule has 23 heavy (non-hydrogen) atoms. The van der Waals surface area contributed by atoms with Crippen molar-refractivity contribution in [3.8, 4) is 5.88 Å². The number of aryl methyl sites for hydroxylation is 2. The van der Waals surface area contributed by atoms with Gasteiger partial charge in [-0.05, 0) is 44.0 Å². The molecule has 0 N–H and O–H groups in total. The maximum atomic E-state index is 12.7. The first kappa shape index (κ1) is 15.2. The Morgan fingerprint density at radius 3 is 2.83 bits per heavy atom. The number of nitrogens with zero attached hydrogens (tertiary/aromatic N) is 3. The molecule has 0 amide bonds. The van der Waals surface area contributed by atoms with E-state index in [1.54, 1.807) is 16.8 Å². The number of hydrogen-bond donors (Lipinski definition) is 0. The molecule has 2 aromatic heterocycles. The lowest BCUT2D eigenvalue weighted by molar-refractivity contribution is 0.320. The SMILES string of the molecule is CCOc1nc2cccnc2n(Cc2cc(C)ccc2C)c1=O. The lowest BCUT2D eigenvalue weighted by atomic mass is 10.1. The van der Waals surface area contributed by atoms with Crippen LogP contribution in [0.1, 0.15) is 23.6 Å². The number of benzene rings is 1. The quantitative estimate of drug-likeness (QED) is 0.743. The highest BCUT2D eigenvalue weighted by Gasteiger charge is 2.13. The first-order chi connectivity index (χ1) is 11.1. The molecule has 0 bridgehead atoms. The molecule has 0 aliphatic heterocycles. The molecule has 0 saturated heterocycles. The van der Waals surface area contributed by atoms with Crippen molar-refractivity contribution >= 4 is 11.2 Å². The van der Waals surface area contributed by atoms with E-state index in [-0.39, 0.29) is 11.4 Å². The van der Waals surface area contributed by atoms with E-state index in [1.807, 2.05) is 26.8 Å². The number of rotatable bonds is 4. The maximum absolute atomic E-state index is 12.7. The van der Waals surface area contributed by atoms with Crippen LogP contribution in [0.3, 0.4) is 0 Å². The van der Waals surface area contributed by atoms with Crippen molar-refractivity contribution in [2.45, 2.75) is 27.3 Å². The average molecular weight is 309 g/mol. The van der Waals surface area contributed by atoms with Gasteiger partial charge in [-0.3, -0.25) is 9.36 Å². The molecule has 3 aromatic rings. The maximum Gasteiger partial charge on any atom is 0.315 e. The molecule has 0 saturated carbocycles. The van der Waals surface area contributed by atoms with Gasteiger partial charge in [0.2, 0.25) is 0 Å². The fraction of sp³-hybridized carbons (Fsp3) is 0.278. The first-order valence-electron chi connectivity index (χ1n) is 7.64. The van der Waals surface area contributed by atoms with E-state index in [0.29, 0.717) is 24.3 Å². The zero-order valence-corrected chi connectivity index (χ0v) is 13.5. The minimum Gasteiger partial charge on any atom is -0.474 e. The van der Waals surface area contributed by atoms with Crippen molar-refractivity contribution < 1.29 is 4.74 Å². The molecule has 3 rings (SSSR count). The van der Waals surface area contributed by atoms with Gasteiger partial charge >= 0.3 is 5.56 Å². The second-order valence-corrected chi connectivity index (χ2v) is 5.52. The second kappa shape index (κ2) is 6.20. The van der Waals surface area contributed by atoms with Gasteiger partial charge in [0, 0.05) is 6.20 Å². The molecule has 1 aromatic carbocycles. The van der Waals surface area contributed by atoms with Crippen LogP contribution in [-0.2, 0) is 6.54 Å². The number of ether oxygens (including phenoxy) is 1. The molecule has 0 radical (unpaired) electrons. The molecule has 5 heteroatoms. The summed E-state index contributed by atoms with van der Waals surface area (Å²) < 4.78 is 7.04. The van der Waals surface area contributed by atoms with Gasteiger partial charge in [-0.15, -0.1) is 0 Å². The third-order valence-electron chi connectivity index (χ3n) is 3.79. The van der Waals surface area contributed by atoms with E-state index in [2.05, 4.69) is 28.2 Å². The Balaban J connectivity index is 2.20. The molecule has 2 heterocycles. The van der Waals surface area contributed by atoms with Crippen molar-refractivity contribution in [3.63, 3.8) is 0 Å². The minimum absolute atomic E-state index is 0.123. The van der Waals surface area contributed by atoms with Crippen molar-refractivity contribution in [2.24, 2.45) is 0 Å². The van der Waals surface area contributed by atoms with Crippen LogP contribution in [0, 0.1) is 13.8 Å². The van der Waals surface area contributed by atoms with Gasteiger partial charge in [-0.1, -0.05) is 23.8 Å². The average Bonchev–Trinajstić information content (AvgIpc) is 2.55. The standard InChI is InChI=1S/C18H19N3O2/c1-4-23-17-18(22)21(16-15(20-17)6-5-9-19-16)11-14-10-12(2)7-8-13(14)3/h5-10H,4,11H2,1-3H3. The zero-order valence-electron chi connectivity index (χ0n) is 13.5. The van der Waals surface area contributed by atoms with Crippen LogP contribution in [0.2, 0.25) is 0 Å². The summed E-state index contributed by atoms with van der Waals surface area (Å²) in [5.74, 6) is 0.123. The molecule has 0 aliphatic rings. The number of fused-ring (bicyclic) bond motifs is 1. The van der Waals surface area contributed by atoms with Crippen LogP contribution >= 0.6 is 0 Å². The summed E-state index contributed by atoms with van der Waals surface area (Å²) >= 11 is 0. The highest BCUT2D eigenvalue weighted by molar-refractivity contribution is 5.70. The molecule has 0 atom stereocenters. The summed E-state index contributed by atoms with van der Waals surface area (Å²) in [6, 6.07) is 9.87. The van der Waals surface area contributed by atoms with E-state index >= 15 is 0 Å². The Morgan fingerprint density at radius 2 is 2.04 bits per heavy atom. The second-order valence-electron chi connectivity index (χ2n) is 5.52. The normalized spacial score (nSPS) is 10.9. The lowest BCUT2D eigenvalue weighted by Crippen LogP contribution is -2.25. The summed E-state index contributed by atoms with van der Waals surface area (Å²) in [5, 5.41) is 0. The third kappa shape index (κ3) is 2.95. The Morgan fingerprint density at radius 1 is 1.22 bits per heavy atom. The van der Waals surface area contributed by atoms with E-state index in [9.17, 15) is 4.79 Å². The van der Waals surface area contributed by atoms with Crippen molar-refractivity contribution in [2.75, 3.05) is 6.61 Å². The van der Waals surface area contributed by atoms with E-state index in [4.69, 9.17) is 4.74 Å². The Kier molecular flexibility index (Phi) is 4.10. The fourth-order valence-electron chi connectivity index (χ4n) is 2.57. The molecule has 5 nitrogen and oxygen atoms in total. The van der Waals surface area contributed by atoms with E-state index in [1.165, 1.54) is 0 Å². The smallest absolute Gasteiger partial charge is 0.315 e. The summed E-state index contributed by atoms with van der Waals surface area (Å²) in [6.07, 6.45) is 1.67. The summed E-state index contributed by atoms with van der Waals surface area (Å²) in [6.45, 7) is 6.77. The molecule has 0 aliphatic carbocycles. The Labute approximate surface area is 134 Å². The number of pyridine rings is 1. The van der Waals surface area contributed by atoms with Crippen LogP contribution in [-0.4, -0.2) is 21.1 Å². The van der Waals surface area contributed by atoms with Crippen LogP contribution in [0.25, 0.3) is 11.2 Å². The molecule has 0 unspecified atom stereocenters. The third-order valence-corrected chi connectivity index (χ3v) is 3.79. The zero-order chi connectivity index (χ0) is 16.4. The summed E-state index contributed by atoms with van der Waals surface area (Å²) in [7, 11) is 0. The molecular formula is C18H19N3O2. The van der Waals surface area contributed by atoms with Gasteiger partial charge in [0.05, 0.1) is 13.2 Å². The predicted molar refractivity (Wildman–Crippen MR) is 90.0 cm³/mol. The molecule has 0 spiro atoms. The Hall–Kier alpha value is -2.69. The van der Waals surface area contributed by atoms with Gasteiger partial charge in [0.15, 0.2) is 5.65 Å². The predicted octanol–water partition coefficient (Wildman–Crippen LogP) is 2.86. The van der Waals surface area contributed by atoms with Crippen molar-refractivity contribution in [1.82, 2.24) is 14.5 Å². The van der Waals surface area contributed by atoms with Crippen molar-refractivity contribution in [3.05, 3.63) is 63.6 Å². The minimum atomic E-state index is -0.251. The van der Waals surface area contributed by atoms with Gasteiger partial charge in [0.1, 0.15) is 5.52 Å². The number of hydrogen-bond acceptors (Lipinski definition) is 4. The van der Waals surface area contributed by atoms with Crippen LogP contribution in [0.5, 0.6) is 5.88 Å². The van der Waals surface area contributed by atoms with Crippen LogP contribution in [0.15, 0.2) is 41.3 Å². The molecule has 0 fully saturated rings. The molecular weight excluding hydrogens is 290 g/mol. The van der Waals surface area contributed by atoms with Gasteiger partial charge in [-0.2, -0.15) is 0 Å². The van der Waals surface area contributed by atoms with Crippen LogP contribution < -0.4 is 10.3 Å². The van der Waals surface area contributed by atoms with E-state index < -0.39 is 0 Å². The monoisotopic (exact) mass is 309 g/mol. The largest absolute Gasteiger partial charge is 0.474 e. The van der Waals surface area contributed by atoms with Gasteiger partial charge in [-0.25, -0.2) is 9.97 Å². The topological polar surface area (TPSA) is 57.0 Å². The summed E-state index contributed by atoms with van der Waals surface area (Å²) in [4.78, 5) is 21.3. The van der Waals surface area contributed by atoms with Gasteiger partial charge in [0.25, 0.3) is 5.88 Å². The highest BCUT2D eigenvalue weighted by Crippen LogP contribution is 2.16. The van der Waals surface area contributed by atoms with Gasteiger partial charge < -0.3 is 4.74 Å². The lowest BCUT2D eigenvalue weighted by Gasteiger charge is -2.13. The van der Waals surface area contributed by atoms with Crippen molar-refractivity contribution in [1.29, 1.82) is 0 Å². The first-order valence-corrected chi connectivity index (χ1v) is 7.64. The summed E-state index contributed by atoms with van der Waals surface area (Å²) in [5.41, 5.74) is 4.37. The van der Waals surface area contributed by atoms with Crippen LogP contribution in [0.4, 0.5) is 0 Å². The highest BCUT2D eigenvalue weighted by atomic mass is 16.5. The molecule has 118 valence electrons. The Bertz CT molecular complexity index is 916. The van der Waals surface area contributed by atoms with E-state index in [0.717, 1.165) is 16.7 Å². The number of aromatic nitrogens is 3. The fourth-order valence-corrected chi connectivity index (χ4v) is 2.57.